The van der Waals surface area contributed by atoms with Gasteiger partial charge < -0.3 is 4.90 Å². The molecule has 0 atom stereocenters. The fraction of sp³-hybridized carbons (Fsp3) is 0.136. The van der Waals surface area contributed by atoms with E-state index in [1.165, 1.54) is 12.1 Å². The molecule has 0 fully saturated rings. The molecule has 0 saturated carbocycles. The predicted molar refractivity (Wildman–Crippen MR) is 110 cm³/mol. The molecular formula is C22H20N2O3S. The first kappa shape index (κ1) is 18.3. The van der Waals surface area contributed by atoms with Crippen molar-refractivity contribution in [2.24, 2.45) is 0 Å². The van der Waals surface area contributed by atoms with E-state index in [4.69, 9.17) is 0 Å². The van der Waals surface area contributed by atoms with Gasteiger partial charge in [-0.2, -0.15) is 0 Å². The highest BCUT2D eigenvalue weighted by atomic mass is 32.2. The maximum atomic E-state index is 13.0. The summed E-state index contributed by atoms with van der Waals surface area (Å²) in [5, 5.41) is 0. The van der Waals surface area contributed by atoms with Crippen molar-refractivity contribution in [3.63, 3.8) is 0 Å². The lowest BCUT2D eigenvalue weighted by molar-refractivity contribution is 0.0989. The van der Waals surface area contributed by atoms with Gasteiger partial charge in [0.2, 0.25) is 0 Å². The van der Waals surface area contributed by atoms with Gasteiger partial charge >= 0.3 is 0 Å². The van der Waals surface area contributed by atoms with Crippen LogP contribution in [-0.2, 0) is 16.4 Å². The van der Waals surface area contributed by atoms with E-state index in [9.17, 15) is 13.2 Å². The average molecular weight is 392 g/mol. The van der Waals surface area contributed by atoms with Crippen molar-refractivity contribution in [3.05, 3.63) is 89.5 Å². The standard InChI is InChI=1S/C22H20N2O3S/c1-16-6-4-9-19(14-16)23-28(26,27)20-10-5-8-18(15-20)22(25)24-13-12-17-7-2-3-11-21(17)24/h2-11,14-15,23H,12-13H2,1H3. The number of anilines is 2. The Morgan fingerprint density at radius 1 is 0.964 bits per heavy atom. The van der Waals surface area contributed by atoms with Crippen LogP contribution in [0.15, 0.2) is 77.7 Å². The van der Waals surface area contributed by atoms with Crippen LogP contribution < -0.4 is 9.62 Å². The number of hydrogen-bond acceptors (Lipinski definition) is 3. The van der Waals surface area contributed by atoms with Crippen molar-refractivity contribution >= 4 is 27.3 Å². The van der Waals surface area contributed by atoms with E-state index in [0.29, 0.717) is 17.8 Å². The summed E-state index contributed by atoms with van der Waals surface area (Å²) in [6, 6.07) is 21.1. The third-order valence-electron chi connectivity index (χ3n) is 4.79. The number of fused-ring (bicyclic) bond motifs is 1. The zero-order valence-electron chi connectivity index (χ0n) is 15.4. The van der Waals surface area contributed by atoms with Gasteiger partial charge in [-0.05, 0) is 60.9 Å². The van der Waals surface area contributed by atoms with Crippen LogP contribution >= 0.6 is 0 Å². The number of sulfonamides is 1. The van der Waals surface area contributed by atoms with Crippen LogP contribution in [0.3, 0.4) is 0 Å². The Hall–Kier alpha value is -3.12. The Bertz CT molecular complexity index is 1160. The molecular weight excluding hydrogens is 372 g/mol. The van der Waals surface area contributed by atoms with E-state index in [-0.39, 0.29) is 10.8 Å². The molecule has 5 nitrogen and oxygen atoms in total. The number of carbonyl (C=O) groups is 1. The van der Waals surface area contributed by atoms with E-state index >= 15 is 0 Å². The van der Waals surface area contributed by atoms with Crippen molar-refractivity contribution < 1.29 is 13.2 Å². The summed E-state index contributed by atoms with van der Waals surface area (Å²) < 4.78 is 28.1. The van der Waals surface area contributed by atoms with E-state index in [1.54, 1.807) is 35.2 Å². The van der Waals surface area contributed by atoms with Crippen LogP contribution in [0.2, 0.25) is 0 Å². The quantitative estimate of drug-likeness (QED) is 0.730. The number of hydrogen-bond donors (Lipinski definition) is 1. The van der Waals surface area contributed by atoms with Gasteiger partial charge in [-0.25, -0.2) is 8.42 Å². The van der Waals surface area contributed by atoms with Crippen molar-refractivity contribution in [1.29, 1.82) is 0 Å². The normalized spacial score (nSPS) is 13.2. The second-order valence-corrected chi connectivity index (χ2v) is 8.52. The van der Waals surface area contributed by atoms with Crippen LogP contribution in [0.4, 0.5) is 11.4 Å². The predicted octanol–water partition coefficient (Wildman–Crippen LogP) is 4.00. The summed E-state index contributed by atoms with van der Waals surface area (Å²) in [6.45, 7) is 2.49. The number of benzene rings is 3. The maximum absolute atomic E-state index is 13.0. The van der Waals surface area contributed by atoms with Crippen LogP contribution in [-0.4, -0.2) is 20.9 Å². The molecule has 3 aromatic carbocycles. The molecule has 28 heavy (non-hydrogen) atoms. The third kappa shape index (κ3) is 3.51. The van der Waals surface area contributed by atoms with Gasteiger partial charge in [0, 0.05) is 23.5 Å². The Labute approximate surface area is 164 Å². The summed E-state index contributed by atoms with van der Waals surface area (Å²) in [5.41, 5.74) is 3.81. The number of rotatable bonds is 4. The molecule has 0 saturated heterocycles. The number of para-hydroxylation sites is 1. The van der Waals surface area contributed by atoms with Gasteiger partial charge in [-0.1, -0.05) is 36.4 Å². The largest absolute Gasteiger partial charge is 0.308 e. The first-order valence-electron chi connectivity index (χ1n) is 9.03. The van der Waals surface area contributed by atoms with Gasteiger partial charge in [-0.3, -0.25) is 9.52 Å². The lowest BCUT2D eigenvalue weighted by Crippen LogP contribution is -2.29. The third-order valence-corrected chi connectivity index (χ3v) is 6.17. The molecule has 0 unspecified atom stereocenters. The molecule has 0 aliphatic carbocycles. The molecule has 6 heteroatoms. The summed E-state index contributed by atoms with van der Waals surface area (Å²) in [6.07, 6.45) is 0.800. The zero-order valence-corrected chi connectivity index (χ0v) is 16.2. The lowest BCUT2D eigenvalue weighted by atomic mass is 10.1. The Morgan fingerprint density at radius 3 is 2.57 bits per heavy atom. The van der Waals surface area contributed by atoms with Crippen molar-refractivity contribution in [1.82, 2.24) is 0 Å². The Kier molecular flexibility index (Phi) is 4.65. The molecule has 0 spiro atoms. The molecule has 1 aliphatic heterocycles. The van der Waals surface area contributed by atoms with E-state index in [1.807, 2.05) is 37.3 Å². The van der Waals surface area contributed by atoms with Crippen molar-refractivity contribution in [2.45, 2.75) is 18.2 Å². The number of aryl methyl sites for hydroxylation is 1. The van der Waals surface area contributed by atoms with Gasteiger partial charge in [-0.15, -0.1) is 0 Å². The van der Waals surface area contributed by atoms with Crippen LogP contribution in [0.1, 0.15) is 21.5 Å². The molecule has 1 heterocycles. The smallest absolute Gasteiger partial charge is 0.261 e. The minimum atomic E-state index is -3.79. The zero-order chi connectivity index (χ0) is 19.7. The molecule has 1 N–H and O–H groups in total. The minimum absolute atomic E-state index is 0.0624. The van der Waals surface area contributed by atoms with Crippen LogP contribution in [0.5, 0.6) is 0 Å². The fourth-order valence-electron chi connectivity index (χ4n) is 3.42. The molecule has 142 valence electrons. The molecule has 0 radical (unpaired) electrons. The topological polar surface area (TPSA) is 66.5 Å². The molecule has 4 rings (SSSR count). The monoisotopic (exact) mass is 392 g/mol. The second kappa shape index (κ2) is 7.13. The van der Waals surface area contributed by atoms with Gasteiger partial charge in [0.15, 0.2) is 0 Å². The van der Waals surface area contributed by atoms with Crippen LogP contribution in [0, 0.1) is 6.92 Å². The molecule has 1 aliphatic rings. The number of nitrogens with zero attached hydrogens (tertiary/aromatic N) is 1. The van der Waals surface area contributed by atoms with Gasteiger partial charge in [0.05, 0.1) is 4.90 Å². The van der Waals surface area contributed by atoms with Crippen LogP contribution in [0.25, 0.3) is 0 Å². The Balaban J connectivity index is 1.62. The molecule has 0 bridgehead atoms. The Morgan fingerprint density at radius 2 is 1.75 bits per heavy atom. The van der Waals surface area contributed by atoms with Gasteiger partial charge in [0.1, 0.15) is 0 Å². The highest BCUT2D eigenvalue weighted by molar-refractivity contribution is 7.92. The summed E-state index contributed by atoms with van der Waals surface area (Å²) in [4.78, 5) is 14.8. The SMILES string of the molecule is Cc1cccc(NS(=O)(=O)c2cccc(C(=O)N3CCc4ccccc43)c2)c1. The summed E-state index contributed by atoms with van der Waals surface area (Å²) in [7, 11) is -3.79. The first-order chi connectivity index (χ1) is 13.4. The number of amides is 1. The maximum Gasteiger partial charge on any atom is 0.261 e. The second-order valence-electron chi connectivity index (χ2n) is 6.84. The van der Waals surface area contributed by atoms with E-state index < -0.39 is 10.0 Å². The highest BCUT2D eigenvalue weighted by Crippen LogP contribution is 2.29. The molecule has 0 aromatic heterocycles. The summed E-state index contributed by atoms with van der Waals surface area (Å²) in [5.74, 6) is -0.197. The summed E-state index contributed by atoms with van der Waals surface area (Å²) >= 11 is 0. The molecule has 1 amide bonds. The van der Waals surface area contributed by atoms with Crippen molar-refractivity contribution in [3.8, 4) is 0 Å². The number of carbonyl (C=O) groups excluding carboxylic acids is 1. The highest BCUT2D eigenvalue weighted by Gasteiger charge is 2.26. The number of nitrogens with one attached hydrogen (secondary N) is 1. The van der Waals surface area contributed by atoms with E-state index in [0.717, 1.165) is 23.2 Å². The van der Waals surface area contributed by atoms with E-state index in [2.05, 4.69) is 4.72 Å². The lowest BCUT2D eigenvalue weighted by Gasteiger charge is -2.18. The average Bonchev–Trinajstić information content (AvgIpc) is 3.11. The minimum Gasteiger partial charge on any atom is -0.308 e. The fourth-order valence-corrected chi connectivity index (χ4v) is 4.52. The molecule has 3 aromatic rings. The van der Waals surface area contributed by atoms with Gasteiger partial charge in [0.25, 0.3) is 15.9 Å². The van der Waals surface area contributed by atoms with Crippen molar-refractivity contribution in [2.75, 3.05) is 16.2 Å². The first-order valence-corrected chi connectivity index (χ1v) is 10.5.